The molecule has 0 rings (SSSR count). The first-order chi connectivity index (χ1) is 28.1. The predicted octanol–water partition coefficient (Wildman–Crippen LogP) is 12.0. The number of carbonyl (C=O) groups is 3. The number of unbranched alkanes of at least 4 members (excludes halogenated alkanes) is 23. The Morgan fingerprint density at radius 3 is 1.48 bits per heavy atom. The lowest BCUT2D eigenvalue weighted by Crippen LogP contribution is -2.43. The summed E-state index contributed by atoms with van der Waals surface area (Å²) < 4.78 is 26.8. The first-order valence-corrected chi connectivity index (χ1v) is 24.5. The number of phosphoric acid groups is 1. The van der Waals surface area contributed by atoms with Gasteiger partial charge in [-0.2, -0.15) is 0 Å². The van der Waals surface area contributed by atoms with E-state index in [1.807, 2.05) is 0 Å². The molecule has 0 saturated carbocycles. The van der Waals surface area contributed by atoms with E-state index in [9.17, 15) is 34.1 Å². The summed E-state index contributed by atoms with van der Waals surface area (Å²) in [5.41, 5.74) is 0. The van der Waals surface area contributed by atoms with Gasteiger partial charge in [-0.3, -0.25) is 18.6 Å². The average Bonchev–Trinajstić information content (AvgIpc) is 3.20. The highest BCUT2D eigenvalue weighted by atomic mass is 31.2. The molecule has 338 valence electrons. The molecule has 4 N–H and O–H groups in total. The number of amides is 1. The van der Waals surface area contributed by atoms with Crippen LogP contribution in [0.5, 0.6) is 0 Å². The smallest absolute Gasteiger partial charge is 0.472 e. The predicted molar refractivity (Wildman–Crippen MR) is 236 cm³/mol. The zero-order valence-electron chi connectivity index (χ0n) is 36.6. The number of carbonyl (C=O) groups excluding carboxylic acids is 2. The number of hydrogen-bond acceptors (Lipinski definition) is 8. The van der Waals surface area contributed by atoms with Crippen LogP contribution in [-0.2, 0) is 32.7 Å². The van der Waals surface area contributed by atoms with Gasteiger partial charge in [-0.05, 0) is 64.2 Å². The monoisotopic (exact) mass is 842 g/mol. The van der Waals surface area contributed by atoms with Gasteiger partial charge in [-0.1, -0.05) is 166 Å². The summed E-state index contributed by atoms with van der Waals surface area (Å²) in [5.74, 6) is -2.38. The molecule has 0 spiro atoms. The van der Waals surface area contributed by atoms with Crippen molar-refractivity contribution in [3.8, 4) is 0 Å². The van der Waals surface area contributed by atoms with Crippen molar-refractivity contribution in [3.63, 3.8) is 0 Å². The first-order valence-electron chi connectivity index (χ1n) is 23.0. The van der Waals surface area contributed by atoms with Crippen molar-refractivity contribution in [1.29, 1.82) is 0 Å². The van der Waals surface area contributed by atoms with Gasteiger partial charge >= 0.3 is 19.8 Å². The minimum atomic E-state index is -4.76. The number of nitrogens with one attached hydrogen (secondary N) is 1. The van der Waals surface area contributed by atoms with Crippen LogP contribution in [-0.4, -0.2) is 64.9 Å². The van der Waals surface area contributed by atoms with E-state index in [0.29, 0.717) is 12.8 Å². The molecule has 0 aromatic carbocycles. The second-order valence-electron chi connectivity index (χ2n) is 15.6. The Kier molecular flexibility index (Phi) is 39.8. The minimum Gasteiger partial charge on any atom is -0.480 e. The Labute approximate surface area is 352 Å². The van der Waals surface area contributed by atoms with Crippen molar-refractivity contribution in [3.05, 3.63) is 36.5 Å². The molecule has 0 aromatic heterocycles. The van der Waals surface area contributed by atoms with Crippen LogP contribution in [0.25, 0.3) is 0 Å². The van der Waals surface area contributed by atoms with E-state index in [1.165, 1.54) is 103 Å². The van der Waals surface area contributed by atoms with Crippen molar-refractivity contribution >= 4 is 25.7 Å². The van der Waals surface area contributed by atoms with Gasteiger partial charge in [0.05, 0.1) is 13.2 Å². The fourth-order valence-electron chi connectivity index (χ4n) is 6.29. The Morgan fingerprint density at radius 1 is 0.552 bits per heavy atom. The lowest BCUT2D eigenvalue weighted by molar-refractivity contribution is -0.147. The molecule has 0 aliphatic heterocycles. The summed E-state index contributed by atoms with van der Waals surface area (Å²) in [6.07, 6.45) is 44.5. The molecule has 0 fully saturated rings. The number of aliphatic hydroxyl groups excluding tert-OH is 1. The van der Waals surface area contributed by atoms with Gasteiger partial charge in [0.2, 0.25) is 5.91 Å². The number of carboxylic acid groups (broad SMARTS) is 1. The second-order valence-corrected chi connectivity index (χ2v) is 17.0. The van der Waals surface area contributed by atoms with Gasteiger partial charge in [-0.25, -0.2) is 9.36 Å². The zero-order valence-corrected chi connectivity index (χ0v) is 37.5. The largest absolute Gasteiger partial charge is 0.480 e. The first kappa shape index (κ1) is 55.7. The molecule has 0 aromatic rings. The number of esters is 1. The number of aliphatic carboxylic acids is 1. The molecule has 3 atom stereocenters. The average molecular weight is 842 g/mol. The van der Waals surface area contributed by atoms with Crippen molar-refractivity contribution in [1.82, 2.24) is 5.32 Å². The van der Waals surface area contributed by atoms with Crippen LogP contribution in [0.15, 0.2) is 36.5 Å². The molecule has 0 aliphatic carbocycles. The third-order valence-corrected chi connectivity index (χ3v) is 10.8. The Balaban J connectivity index is 3.87. The number of phosphoric ester groups is 1. The fraction of sp³-hybridized carbons (Fsp3) is 0.804. The maximum atomic E-state index is 12.3. The van der Waals surface area contributed by atoms with Crippen molar-refractivity contribution < 1.29 is 47.8 Å². The van der Waals surface area contributed by atoms with Gasteiger partial charge in [-0.15, -0.1) is 0 Å². The molecule has 12 heteroatoms. The summed E-state index contributed by atoms with van der Waals surface area (Å²) in [6, 6.07) is -1.55. The maximum Gasteiger partial charge on any atom is 0.472 e. The number of aliphatic hydroxyl groups is 1. The summed E-state index contributed by atoms with van der Waals surface area (Å²) in [5, 5.41) is 21.8. The van der Waals surface area contributed by atoms with Crippen LogP contribution < -0.4 is 5.32 Å². The van der Waals surface area contributed by atoms with E-state index in [0.717, 1.165) is 64.2 Å². The summed E-state index contributed by atoms with van der Waals surface area (Å²) in [7, 11) is -4.76. The molecule has 58 heavy (non-hydrogen) atoms. The normalized spacial score (nSPS) is 14.0. The van der Waals surface area contributed by atoms with Crippen LogP contribution in [0.3, 0.4) is 0 Å². The molecule has 0 bridgehead atoms. The number of hydrogen-bond donors (Lipinski definition) is 4. The molecule has 1 amide bonds. The van der Waals surface area contributed by atoms with Gasteiger partial charge < -0.3 is 25.2 Å². The minimum absolute atomic E-state index is 0.145. The van der Waals surface area contributed by atoms with Gasteiger partial charge in [0.15, 0.2) is 6.04 Å². The van der Waals surface area contributed by atoms with Crippen LogP contribution in [0.4, 0.5) is 0 Å². The summed E-state index contributed by atoms with van der Waals surface area (Å²) in [4.78, 5) is 45.9. The molecule has 11 nitrogen and oxygen atoms in total. The highest BCUT2D eigenvalue weighted by Gasteiger charge is 2.28. The van der Waals surface area contributed by atoms with E-state index in [4.69, 9.17) is 13.8 Å². The Hall–Kier alpha value is -2.30. The Morgan fingerprint density at radius 2 is 0.983 bits per heavy atom. The number of rotatable bonds is 43. The summed E-state index contributed by atoms with van der Waals surface area (Å²) in [6.45, 7) is 2.52. The van der Waals surface area contributed by atoms with Crippen molar-refractivity contribution in [2.75, 3.05) is 19.8 Å². The van der Waals surface area contributed by atoms with Crippen LogP contribution >= 0.6 is 7.82 Å². The van der Waals surface area contributed by atoms with Crippen molar-refractivity contribution in [2.45, 2.75) is 219 Å². The zero-order chi connectivity index (χ0) is 42.8. The fourth-order valence-corrected chi connectivity index (χ4v) is 7.06. The third kappa shape index (κ3) is 40.5. The number of allylic oxidation sites excluding steroid dienone is 6. The number of carboxylic acids is 1. The Bertz CT molecular complexity index is 1130. The van der Waals surface area contributed by atoms with E-state index in [2.05, 4.69) is 55.6 Å². The van der Waals surface area contributed by atoms with E-state index < -0.39 is 57.6 Å². The maximum absolute atomic E-state index is 12.3. The van der Waals surface area contributed by atoms with Crippen LogP contribution in [0.2, 0.25) is 0 Å². The van der Waals surface area contributed by atoms with E-state index in [-0.39, 0.29) is 12.8 Å². The molecule has 0 aliphatic rings. The molecular formula is C46H84NO10P. The lowest BCUT2D eigenvalue weighted by Gasteiger charge is -2.18. The van der Waals surface area contributed by atoms with Gasteiger partial charge in [0.1, 0.15) is 12.7 Å². The standard InChI is InChI=1S/C46H84NO10P/c1-3-5-7-9-11-13-15-17-18-19-20-21-22-23-24-26-27-29-31-33-35-37-44(49)47-43(46(51)52)41-57-58(53,54)56-40-42(48)39-55-45(50)38-36-34-32-30-28-25-16-14-12-10-8-6-4-2/h8,10,14,16-18,42-43,48H,3-7,9,11-13,15,19-41H2,1-2H3,(H,47,49)(H,51,52)(H,53,54)/b10-8-,16-14-,18-17+. The van der Waals surface area contributed by atoms with Crippen LogP contribution in [0.1, 0.15) is 206 Å². The molecule has 0 radical (unpaired) electrons. The highest BCUT2D eigenvalue weighted by molar-refractivity contribution is 7.47. The SMILES string of the molecule is CCC/C=C\C/C=C\CCCCCCCC(=O)OCC(O)COP(=O)(O)OCC(NC(=O)CCCCCCCCCCCCC/C=C/CCCCCCCC)C(=O)O. The lowest BCUT2D eigenvalue weighted by atomic mass is 10.0. The van der Waals surface area contributed by atoms with E-state index >= 15 is 0 Å². The second kappa shape index (κ2) is 41.4. The summed E-state index contributed by atoms with van der Waals surface area (Å²) >= 11 is 0. The van der Waals surface area contributed by atoms with E-state index in [1.54, 1.807) is 0 Å². The highest BCUT2D eigenvalue weighted by Crippen LogP contribution is 2.43. The quantitative estimate of drug-likeness (QED) is 0.0201. The molecule has 0 saturated heterocycles. The topological polar surface area (TPSA) is 169 Å². The molecular weight excluding hydrogens is 757 g/mol. The van der Waals surface area contributed by atoms with Crippen LogP contribution in [0, 0.1) is 0 Å². The number of ether oxygens (including phenoxy) is 1. The van der Waals surface area contributed by atoms with Crippen molar-refractivity contribution in [2.24, 2.45) is 0 Å². The third-order valence-electron chi connectivity index (χ3n) is 9.88. The molecule has 3 unspecified atom stereocenters. The van der Waals surface area contributed by atoms with Gasteiger partial charge in [0, 0.05) is 12.8 Å². The van der Waals surface area contributed by atoms with Gasteiger partial charge in [0.25, 0.3) is 0 Å². The molecule has 0 heterocycles.